The van der Waals surface area contributed by atoms with Crippen molar-refractivity contribution >= 4 is 17.7 Å². The molecule has 1 aromatic heterocycles. The Balaban J connectivity index is 1.99. The first kappa shape index (κ1) is 20.7. The Morgan fingerprint density at radius 1 is 1.17 bits per heavy atom. The number of rotatable bonds is 5. The van der Waals surface area contributed by atoms with E-state index in [4.69, 9.17) is 16.2 Å². The zero-order chi connectivity index (χ0) is 21.7. The van der Waals surface area contributed by atoms with Crippen LogP contribution in [0.1, 0.15) is 34.1 Å². The Morgan fingerprint density at radius 3 is 2.63 bits per heavy atom. The first-order valence-electron chi connectivity index (χ1n) is 9.35. The second kappa shape index (κ2) is 8.97. The number of carbonyl (C=O) groups is 1. The summed E-state index contributed by atoms with van der Waals surface area (Å²) in [6, 6.07) is 12.4. The van der Waals surface area contributed by atoms with Gasteiger partial charge in [-0.15, -0.1) is 0 Å². The van der Waals surface area contributed by atoms with Crippen LogP contribution >= 0.6 is 0 Å². The monoisotopic (exact) mass is 402 g/mol. The molecule has 0 aliphatic heterocycles. The summed E-state index contributed by atoms with van der Waals surface area (Å²) in [5.41, 5.74) is 15.4. The number of hydrogen-bond donors (Lipinski definition) is 3. The lowest BCUT2D eigenvalue weighted by Crippen LogP contribution is -2.06. The van der Waals surface area contributed by atoms with Crippen LogP contribution in [0.25, 0.3) is 11.1 Å². The van der Waals surface area contributed by atoms with Crippen molar-refractivity contribution < 1.29 is 14.6 Å². The van der Waals surface area contributed by atoms with Crippen molar-refractivity contribution in [3.8, 4) is 28.7 Å². The predicted octanol–water partition coefficient (Wildman–Crippen LogP) is 3.17. The van der Waals surface area contributed by atoms with Gasteiger partial charge in [-0.25, -0.2) is 9.78 Å². The summed E-state index contributed by atoms with van der Waals surface area (Å²) >= 11 is 0. The molecular weight excluding hydrogens is 380 g/mol. The molecule has 0 saturated carbocycles. The molecule has 0 atom stereocenters. The minimum absolute atomic E-state index is 0.126. The highest BCUT2D eigenvalue weighted by Gasteiger charge is 2.13. The summed E-state index contributed by atoms with van der Waals surface area (Å²) in [5, 5.41) is 9.48. The molecule has 0 radical (unpaired) electrons. The van der Waals surface area contributed by atoms with E-state index in [1.165, 1.54) is 0 Å². The summed E-state index contributed by atoms with van der Waals surface area (Å²) in [4.78, 5) is 19.7. The predicted molar refractivity (Wildman–Crippen MR) is 116 cm³/mol. The van der Waals surface area contributed by atoms with Gasteiger partial charge in [0, 0.05) is 12.0 Å². The number of ether oxygens (including phenoxy) is 1. The third kappa shape index (κ3) is 4.33. The molecule has 2 aromatic carbocycles. The number of nitrogens with zero attached hydrogens (tertiary/aromatic N) is 2. The molecule has 1 heterocycles. The molecule has 5 N–H and O–H groups in total. The molecular formula is C23H22N4O3. The minimum atomic E-state index is -0.978. The maximum atomic E-state index is 11.6. The first-order chi connectivity index (χ1) is 14.4. The van der Waals surface area contributed by atoms with Gasteiger partial charge in [-0.05, 0) is 35.7 Å². The molecule has 0 saturated heterocycles. The molecule has 7 nitrogen and oxygen atoms in total. The van der Waals surface area contributed by atoms with E-state index in [9.17, 15) is 9.90 Å². The Bertz CT molecular complexity index is 1160. The molecule has 0 amide bonds. The van der Waals surface area contributed by atoms with E-state index in [0.717, 1.165) is 11.1 Å². The fourth-order valence-corrected chi connectivity index (χ4v) is 3.17. The number of anilines is 2. The van der Waals surface area contributed by atoms with Gasteiger partial charge in [0.2, 0.25) is 5.95 Å². The Morgan fingerprint density at radius 2 is 1.93 bits per heavy atom. The van der Waals surface area contributed by atoms with Crippen LogP contribution in [-0.4, -0.2) is 28.2 Å². The number of nitrogens with two attached hydrogens (primary N) is 2. The zero-order valence-corrected chi connectivity index (χ0v) is 16.8. The molecule has 0 spiro atoms. The van der Waals surface area contributed by atoms with Gasteiger partial charge in [0.1, 0.15) is 11.6 Å². The smallest absolute Gasteiger partial charge is 0.336 e. The van der Waals surface area contributed by atoms with Gasteiger partial charge in [0.15, 0.2) is 0 Å². The molecule has 3 aromatic rings. The second-order valence-electron chi connectivity index (χ2n) is 6.50. The highest BCUT2D eigenvalue weighted by atomic mass is 16.5. The van der Waals surface area contributed by atoms with E-state index < -0.39 is 5.97 Å². The number of carboxylic acid groups (broad SMARTS) is 1. The second-order valence-corrected chi connectivity index (χ2v) is 6.50. The molecule has 152 valence electrons. The summed E-state index contributed by atoms with van der Waals surface area (Å²) < 4.78 is 5.45. The third-order valence-electron chi connectivity index (χ3n) is 4.61. The number of benzene rings is 2. The lowest BCUT2D eigenvalue weighted by atomic mass is 9.97. The van der Waals surface area contributed by atoms with Crippen LogP contribution < -0.4 is 16.2 Å². The van der Waals surface area contributed by atoms with E-state index in [2.05, 4.69) is 21.8 Å². The van der Waals surface area contributed by atoms with Gasteiger partial charge in [-0.1, -0.05) is 43.0 Å². The van der Waals surface area contributed by atoms with Crippen molar-refractivity contribution in [3.63, 3.8) is 0 Å². The highest BCUT2D eigenvalue weighted by Crippen LogP contribution is 2.29. The highest BCUT2D eigenvalue weighted by molar-refractivity contribution is 5.96. The fourth-order valence-electron chi connectivity index (χ4n) is 3.17. The van der Waals surface area contributed by atoms with Gasteiger partial charge in [-0.2, -0.15) is 4.98 Å². The summed E-state index contributed by atoms with van der Waals surface area (Å²) in [7, 11) is 1.58. The number of methoxy groups -OCH3 is 1. The Kier molecular flexibility index (Phi) is 6.18. The number of hydrogen-bond acceptors (Lipinski definition) is 6. The molecule has 30 heavy (non-hydrogen) atoms. The number of nitrogen functional groups attached to an aromatic ring is 2. The van der Waals surface area contributed by atoms with Crippen molar-refractivity contribution in [2.75, 3.05) is 18.6 Å². The SMILES string of the molecule is CCc1nc(N)nc(N)c1C#CCc1cc(-c2ccccc2C(=O)O)ccc1OC. The number of carboxylic acids is 1. The number of aromatic carboxylic acids is 1. The van der Waals surface area contributed by atoms with Crippen molar-refractivity contribution in [1.29, 1.82) is 0 Å². The van der Waals surface area contributed by atoms with E-state index >= 15 is 0 Å². The maximum Gasteiger partial charge on any atom is 0.336 e. The van der Waals surface area contributed by atoms with Crippen LogP contribution in [0, 0.1) is 11.8 Å². The van der Waals surface area contributed by atoms with E-state index in [-0.39, 0.29) is 17.3 Å². The zero-order valence-electron chi connectivity index (χ0n) is 16.8. The van der Waals surface area contributed by atoms with Crippen LogP contribution in [0.15, 0.2) is 42.5 Å². The average Bonchev–Trinajstić information content (AvgIpc) is 2.74. The van der Waals surface area contributed by atoms with Crippen LogP contribution in [0.2, 0.25) is 0 Å². The average molecular weight is 402 g/mol. The normalized spacial score (nSPS) is 10.2. The van der Waals surface area contributed by atoms with Crippen LogP contribution in [0.4, 0.5) is 11.8 Å². The number of aromatic nitrogens is 2. The number of aryl methyl sites for hydroxylation is 1. The van der Waals surface area contributed by atoms with Crippen molar-refractivity contribution in [1.82, 2.24) is 9.97 Å². The van der Waals surface area contributed by atoms with Crippen molar-refractivity contribution in [3.05, 3.63) is 64.8 Å². The van der Waals surface area contributed by atoms with Crippen molar-refractivity contribution in [2.45, 2.75) is 19.8 Å². The minimum Gasteiger partial charge on any atom is -0.496 e. The van der Waals surface area contributed by atoms with E-state index in [1.807, 2.05) is 31.2 Å². The molecule has 3 rings (SSSR count). The summed E-state index contributed by atoms with van der Waals surface area (Å²) in [6.45, 7) is 1.94. The standard InChI is InChI=1S/C23H22N4O3/c1-3-19-18(21(24)27-23(25)26-19)10-6-7-15-13-14(11-12-20(15)30-2)16-8-4-5-9-17(16)22(28)29/h4-5,8-9,11-13H,3,7H2,1-2H3,(H,28,29)(H4,24,25,26,27). The molecule has 7 heteroatoms. The van der Waals surface area contributed by atoms with Crippen LogP contribution in [0.5, 0.6) is 5.75 Å². The molecule has 0 aliphatic carbocycles. The fraction of sp³-hybridized carbons (Fsp3) is 0.174. The van der Waals surface area contributed by atoms with Crippen LogP contribution in [-0.2, 0) is 12.8 Å². The maximum absolute atomic E-state index is 11.6. The molecule has 0 aliphatic rings. The molecule has 0 fully saturated rings. The van der Waals surface area contributed by atoms with Crippen LogP contribution in [0.3, 0.4) is 0 Å². The Labute approximate surface area is 174 Å². The van der Waals surface area contributed by atoms with E-state index in [0.29, 0.717) is 35.4 Å². The molecule has 0 bridgehead atoms. The van der Waals surface area contributed by atoms with Gasteiger partial charge in [0.25, 0.3) is 0 Å². The van der Waals surface area contributed by atoms with Gasteiger partial charge in [-0.3, -0.25) is 0 Å². The van der Waals surface area contributed by atoms with Gasteiger partial charge in [0.05, 0.1) is 23.9 Å². The molecule has 0 unspecified atom stereocenters. The van der Waals surface area contributed by atoms with Gasteiger partial charge >= 0.3 is 5.97 Å². The largest absolute Gasteiger partial charge is 0.496 e. The topological polar surface area (TPSA) is 124 Å². The lowest BCUT2D eigenvalue weighted by Gasteiger charge is -2.11. The van der Waals surface area contributed by atoms with Crippen molar-refractivity contribution in [2.24, 2.45) is 0 Å². The summed E-state index contributed by atoms with van der Waals surface area (Å²) in [6.07, 6.45) is 1.00. The summed E-state index contributed by atoms with van der Waals surface area (Å²) in [5.74, 6) is 6.21. The quantitative estimate of drug-likeness (QED) is 0.560. The first-order valence-corrected chi connectivity index (χ1v) is 9.35. The van der Waals surface area contributed by atoms with Gasteiger partial charge < -0.3 is 21.3 Å². The lowest BCUT2D eigenvalue weighted by molar-refractivity contribution is 0.0697. The third-order valence-corrected chi connectivity index (χ3v) is 4.61. The van der Waals surface area contributed by atoms with E-state index in [1.54, 1.807) is 25.3 Å². The Hall–Kier alpha value is -4.05.